The fraction of sp³-hybridized carbons (Fsp3) is 0.154. The van der Waals surface area contributed by atoms with Gasteiger partial charge in [0.2, 0.25) is 0 Å². The SMILES string of the molecule is CCOC(=O)C1=C(C)N=c2s/c(=C\c3ccc(-c4ccc(C(=O)O)cc4)o3)c(=O)n2C1c1cccs1. The van der Waals surface area contributed by atoms with E-state index in [0.717, 1.165) is 4.88 Å². The molecule has 1 N–H and O–H groups in total. The van der Waals surface area contributed by atoms with Crippen molar-refractivity contribution in [3.05, 3.63) is 101 Å². The zero-order valence-electron chi connectivity index (χ0n) is 19.3. The van der Waals surface area contributed by atoms with Crippen LogP contribution in [0.1, 0.15) is 40.9 Å². The first kappa shape index (κ1) is 23.7. The molecule has 1 aliphatic heterocycles. The second-order valence-corrected chi connectivity index (χ2v) is 9.89. The number of aromatic nitrogens is 1. The molecule has 36 heavy (non-hydrogen) atoms. The summed E-state index contributed by atoms with van der Waals surface area (Å²) in [5.41, 5.74) is 1.49. The minimum Gasteiger partial charge on any atom is -0.478 e. The molecule has 10 heteroatoms. The predicted octanol–water partition coefficient (Wildman–Crippen LogP) is 3.82. The van der Waals surface area contributed by atoms with Crippen LogP contribution >= 0.6 is 22.7 Å². The van der Waals surface area contributed by atoms with E-state index < -0.39 is 18.0 Å². The average Bonchev–Trinajstić information content (AvgIpc) is 3.60. The summed E-state index contributed by atoms with van der Waals surface area (Å²) in [7, 11) is 0. The van der Waals surface area contributed by atoms with E-state index in [4.69, 9.17) is 14.3 Å². The first-order valence-electron chi connectivity index (χ1n) is 11.0. The minimum absolute atomic E-state index is 0.185. The Balaban J connectivity index is 1.57. The van der Waals surface area contributed by atoms with Gasteiger partial charge in [-0.2, -0.15) is 0 Å². The van der Waals surface area contributed by atoms with Crippen molar-refractivity contribution in [2.75, 3.05) is 6.61 Å². The van der Waals surface area contributed by atoms with E-state index in [1.807, 2.05) is 17.5 Å². The molecule has 0 aliphatic carbocycles. The largest absolute Gasteiger partial charge is 0.478 e. The lowest BCUT2D eigenvalue weighted by Gasteiger charge is -2.23. The maximum Gasteiger partial charge on any atom is 0.338 e. The molecule has 1 unspecified atom stereocenters. The van der Waals surface area contributed by atoms with Crippen LogP contribution in [-0.4, -0.2) is 28.2 Å². The number of thiazole rings is 1. The zero-order valence-corrected chi connectivity index (χ0v) is 20.9. The Morgan fingerprint density at radius 1 is 1.19 bits per heavy atom. The monoisotopic (exact) mass is 520 g/mol. The third-order valence-corrected chi connectivity index (χ3v) is 7.55. The molecule has 182 valence electrons. The van der Waals surface area contributed by atoms with Gasteiger partial charge in [0.05, 0.1) is 28.0 Å². The molecule has 0 saturated carbocycles. The lowest BCUT2D eigenvalue weighted by atomic mass is 10.0. The van der Waals surface area contributed by atoms with Crippen LogP contribution in [0.5, 0.6) is 0 Å². The van der Waals surface area contributed by atoms with Gasteiger partial charge in [-0.1, -0.05) is 29.5 Å². The summed E-state index contributed by atoms with van der Waals surface area (Å²) < 4.78 is 13.1. The summed E-state index contributed by atoms with van der Waals surface area (Å²) in [5, 5.41) is 11.0. The predicted molar refractivity (Wildman–Crippen MR) is 136 cm³/mol. The number of carboxylic acid groups (broad SMARTS) is 1. The van der Waals surface area contributed by atoms with E-state index in [-0.39, 0.29) is 17.7 Å². The van der Waals surface area contributed by atoms with E-state index in [1.165, 1.54) is 39.4 Å². The van der Waals surface area contributed by atoms with E-state index in [2.05, 4.69) is 4.99 Å². The fourth-order valence-electron chi connectivity index (χ4n) is 4.00. The fourth-order valence-corrected chi connectivity index (χ4v) is 5.85. The molecule has 0 saturated heterocycles. The van der Waals surface area contributed by atoms with Gasteiger partial charge in [-0.25, -0.2) is 14.6 Å². The number of thiophene rings is 1. The lowest BCUT2D eigenvalue weighted by Crippen LogP contribution is -2.39. The van der Waals surface area contributed by atoms with Gasteiger partial charge in [0.25, 0.3) is 5.56 Å². The number of nitrogens with zero attached hydrogens (tertiary/aromatic N) is 2. The van der Waals surface area contributed by atoms with Crippen LogP contribution in [0.25, 0.3) is 17.4 Å². The molecular weight excluding hydrogens is 500 g/mol. The van der Waals surface area contributed by atoms with Gasteiger partial charge >= 0.3 is 11.9 Å². The van der Waals surface area contributed by atoms with Crippen LogP contribution in [0.4, 0.5) is 0 Å². The van der Waals surface area contributed by atoms with Gasteiger partial charge in [0.1, 0.15) is 17.6 Å². The lowest BCUT2D eigenvalue weighted by molar-refractivity contribution is -0.139. The van der Waals surface area contributed by atoms with E-state index in [0.29, 0.717) is 37.7 Å². The third kappa shape index (κ3) is 4.25. The molecule has 1 atom stereocenters. The van der Waals surface area contributed by atoms with Crippen LogP contribution in [0, 0.1) is 0 Å². The van der Waals surface area contributed by atoms with Crippen LogP contribution in [0.15, 0.2) is 79.4 Å². The first-order chi connectivity index (χ1) is 17.4. The van der Waals surface area contributed by atoms with Crippen molar-refractivity contribution in [1.82, 2.24) is 4.57 Å². The Kier molecular flexibility index (Phi) is 6.29. The van der Waals surface area contributed by atoms with Crippen molar-refractivity contribution in [3.63, 3.8) is 0 Å². The van der Waals surface area contributed by atoms with Gasteiger partial charge < -0.3 is 14.3 Å². The number of fused-ring (bicyclic) bond motifs is 1. The molecule has 0 amide bonds. The smallest absolute Gasteiger partial charge is 0.338 e. The highest BCUT2D eigenvalue weighted by Crippen LogP contribution is 2.33. The molecule has 0 spiro atoms. The number of carboxylic acids is 1. The molecule has 0 fully saturated rings. The van der Waals surface area contributed by atoms with Crippen molar-refractivity contribution in [2.24, 2.45) is 4.99 Å². The quantitative estimate of drug-likeness (QED) is 0.387. The van der Waals surface area contributed by atoms with Gasteiger partial charge in [-0.3, -0.25) is 9.36 Å². The molecule has 0 radical (unpaired) electrons. The zero-order chi connectivity index (χ0) is 25.4. The van der Waals surface area contributed by atoms with Gasteiger partial charge in [-0.05, 0) is 49.6 Å². The van der Waals surface area contributed by atoms with Crippen molar-refractivity contribution in [1.29, 1.82) is 0 Å². The van der Waals surface area contributed by atoms with Crippen LogP contribution in [0.2, 0.25) is 0 Å². The van der Waals surface area contributed by atoms with E-state index in [1.54, 1.807) is 44.2 Å². The average molecular weight is 521 g/mol. The van der Waals surface area contributed by atoms with Crippen molar-refractivity contribution in [2.45, 2.75) is 19.9 Å². The molecular formula is C26H20N2O6S2. The summed E-state index contributed by atoms with van der Waals surface area (Å²) in [4.78, 5) is 43.3. The molecule has 1 aromatic carbocycles. The van der Waals surface area contributed by atoms with Crippen molar-refractivity contribution < 1.29 is 23.8 Å². The Hall–Kier alpha value is -4.02. The van der Waals surface area contributed by atoms with E-state index in [9.17, 15) is 14.4 Å². The second-order valence-electron chi connectivity index (χ2n) is 7.90. The maximum atomic E-state index is 13.5. The highest BCUT2D eigenvalue weighted by Gasteiger charge is 2.33. The normalized spacial score (nSPS) is 15.5. The summed E-state index contributed by atoms with van der Waals surface area (Å²) in [5.74, 6) is -0.482. The molecule has 1 aliphatic rings. The number of hydrogen-bond donors (Lipinski definition) is 1. The van der Waals surface area contributed by atoms with Crippen molar-refractivity contribution >= 4 is 40.7 Å². The third-order valence-electron chi connectivity index (χ3n) is 5.65. The number of carbonyl (C=O) groups excluding carboxylic acids is 1. The van der Waals surface area contributed by atoms with Crippen LogP contribution < -0.4 is 14.9 Å². The topological polar surface area (TPSA) is 111 Å². The van der Waals surface area contributed by atoms with Gasteiger partial charge in [0, 0.05) is 16.5 Å². The van der Waals surface area contributed by atoms with Gasteiger partial charge in [0.15, 0.2) is 4.80 Å². The number of aromatic carboxylic acids is 1. The minimum atomic E-state index is -1.00. The number of esters is 1. The van der Waals surface area contributed by atoms with E-state index >= 15 is 0 Å². The molecule has 4 aromatic rings. The highest BCUT2D eigenvalue weighted by atomic mass is 32.1. The van der Waals surface area contributed by atoms with Crippen LogP contribution in [-0.2, 0) is 9.53 Å². The highest BCUT2D eigenvalue weighted by molar-refractivity contribution is 7.10. The summed E-state index contributed by atoms with van der Waals surface area (Å²) in [6.07, 6.45) is 1.65. The first-order valence-corrected chi connectivity index (χ1v) is 12.7. The standard InChI is InChI=1S/C26H20N2O6S2/c1-3-33-25(32)21-14(2)27-26-28(22(21)19-5-4-12-35-19)23(29)20(36-26)13-17-10-11-18(34-17)15-6-8-16(9-7-15)24(30)31/h4-13,22H,3H2,1-2H3,(H,30,31)/b20-13-. The number of hydrogen-bond acceptors (Lipinski definition) is 8. The summed E-state index contributed by atoms with van der Waals surface area (Å²) in [6.45, 7) is 3.71. The Bertz CT molecular complexity index is 1670. The Morgan fingerprint density at radius 2 is 1.97 bits per heavy atom. The Labute approximate surface area is 212 Å². The van der Waals surface area contributed by atoms with Gasteiger partial charge in [-0.15, -0.1) is 11.3 Å². The number of allylic oxidation sites excluding steroid dienone is 1. The van der Waals surface area contributed by atoms with Crippen LogP contribution in [0.3, 0.4) is 0 Å². The molecule has 5 rings (SSSR count). The molecule has 4 heterocycles. The number of furan rings is 1. The molecule has 0 bridgehead atoms. The summed E-state index contributed by atoms with van der Waals surface area (Å²) in [6, 6.07) is 13.0. The summed E-state index contributed by atoms with van der Waals surface area (Å²) >= 11 is 2.68. The number of carbonyl (C=O) groups is 2. The number of benzene rings is 1. The van der Waals surface area contributed by atoms with Crippen molar-refractivity contribution in [3.8, 4) is 11.3 Å². The molecule has 3 aromatic heterocycles. The molecule has 8 nitrogen and oxygen atoms in total. The number of ether oxygens (including phenoxy) is 1. The second kappa shape index (κ2) is 9.56. The number of rotatable bonds is 6. The Morgan fingerprint density at radius 3 is 2.64 bits per heavy atom. The maximum absolute atomic E-state index is 13.5.